The lowest BCUT2D eigenvalue weighted by Crippen LogP contribution is -2.43. The minimum Gasteiger partial charge on any atom is -0.348 e. The first-order valence-electron chi connectivity index (χ1n) is 9.95. The number of carbonyl (C=O) groups is 1. The molecule has 5 nitrogen and oxygen atoms in total. The fourth-order valence-electron chi connectivity index (χ4n) is 3.87. The highest BCUT2D eigenvalue weighted by Crippen LogP contribution is 2.17. The number of rotatable bonds is 7. The van der Waals surface area contributed by atoms with Crippen molar-refractivity contribution in [3.05, 3.63) is 72.1 Å². The number of fused-ring (bicyclic) bond motifs is 1. The van der Waals surface area contributed by atoms with E-state index in [9.17, 15) is 4.79 Å². The Hall–Kier alpha value is -2.92. The molecular formula is C23H26N4O. The summed E-state index contributed by atoms with van der Waals surface area (Å²) < 4.78 is 0. The monoisotopic (exact) mass is 374 g/mol. The van der Waals surface area contributed by atoms with Gasteiger partial charge in [0.05, 0.1) is 0 Å². The third-order valence-corrected chi connectivity index (χ3v) is 5.25. The first-order chi connectivity index (χ1) is 13.8. The Labute approximate surface area is 165 Å². The van der Waals surface area contributed by atoms with Crippen LogP contribution in [0.1, 0.15) is 24.0 Å². The van der Waals surface area contributed by atoms with E-state index in [0.29, 0.717) is 0 Å². The van der Waals surface area contributed by atoms with Crippen molar-refractivity contribution in [1.29, 1.82) is 0 Å². The van der Waals surface area contributed by atoms with Gasteiger partial charge in [0.25, 0.3) is 0 Å². The van der Waals surface area contributed by atoms with Crippen LogP contribution in [0.25, 0.3) is 17.1 Å². The van der Waals surface area contributed by atoms with Crippen LogP contribution in [-0.2, 0) is 11.2 Å². The second-order valence-corrected chi connectivity index (χ2v) is 7.38. The second kappa shape index (κ2) is 8.85. The number of carbonyl (C=O) groups excluding carboxylic acids is 1. The van der Waals surface area contributed by atoms with Gasteiger partial charge >= 0.3 is 0 Å². The van der Waals surface area contributed by atoms with E-state index in [4.69, 9.17) is 0 Å². The van der Waals surface area contributed by atoms with Gasteiger partial charge in [-0.2, -0.15) is 0 Å². The van der Waals surface area contributed by atoms with Crippen molar-refractivity contribution in [2.75, 3.05) is 19.6 Å². The number of H-pyrrole nitrogens is 1. The summed E-state index contributed by atoms with van der Waals surface area (Å²) in [5.41, 5.74) is 3.05. The number of nitrogens with one attached hydrogen (secondary N) is 2. The Morgan fingerprint density at radius 1 is 1.18 bits per heavy atom. The highest BCUT2D eigenvalue weighted by Gasteiger charge is 2.19. The van der Waals surface area contributed by atoms with Crippen LogP contribution in [0.3, 0.4) is 0 Å². The maximum Gasteiger partial charge on any atom is 0.244 e. The van der Waals surface area contributed by atoms with Crippen LogP contribution in [0.2, 0.25) is 0 Å². The number of benzene rings is 1. The van der Waals surface area contributed by atoms with Crippen LogP contribution >= 0.6 is 0 Å². The number of aromatic amines is 1. The van der Waals surface area contributed by atoms with Gasteiger partial charge < -0.3 is 15.2 Å². The molecule has 1 saturated heterocycles. The van der Waals surface area contributed by atoms with Crippen LogP contribution in [0.15, 0.2) is 60.9 Å². The fourth-order valence-corrected chi connectivity index (χ4v) is 3.87. The standard InChI is InChI=1S/C23H26N4O/c28-22(11-10-19-16-25-23-21(19)9-6-12-24-23)26-20(17-27-13-4-5-14-27)15-18-7-2-1-3-8-18/h1-3,6-12,16,20H,4-5,13-15,17H2,(H,24,25)(H,26,28). The molecule has 1 aromatic carbocycles. The number of hydrogen-bond acceptors (Lipinski definition) is 3. The maximum atomic E-state index is 12.6. The summed E-state index contributed by atoms with van der Waals surface area (Å²) in [6.45, 7) is 3.14. The van der Waals surface area contributed by atoms with E-state index in [1.54, 1.807) is 12.3 Å². The molecule has 28 heavy (non-hydrogen) atoms. The molecule has 0 bridgehead atoms. The molecule has 0 aliphatic carbocycles. The fraction of sp³-hybridized carbons (Fsp3) is 0.304. The van der Waals surface area contributed by atoms with E-state index in [1.165, 1.54) is 18.4 Å². The third kappa shape index (κ3) is 4.67. The van der Waals surface area contributed by atoms with Gasteiger partial charge in [0.1, 0.15) is 5.65 Å². The van der Waals surface area contributed by atoms with Crippen molar-refractivity contribution in [3.8, 4) is 0 Å². The molecule has 1 unspecified atom stereocenters. The molecule has 4 rings (SSSR count). The molecule has 0 saturated carbocycles. The van der Waals surface area contributed by atoms with Gasteiger partial charge in [0, 0.05) is 42.0 Å². The predicted molar refractivity (Wildman–Crippen MR) is 113 cm³/mol. The highest BCUT2D eigenvalue weighted by atomic mass is 16.1. The average Bonchev–Trinajstić information content (AvgIpc) is 3.37. The first-order valence-corrected chi connectivity index (χ1v) is 9.95. The minimum atomic E-state index is -0.0571. The van der Waals surface area contributed by atoms with Crippen LogP contribution in [0.4, 0.5) is 0 Å². The van der Waals surface area contributed by atoms with E-state index in [2.05, 4.69) is 44.5 Å². The van der Waals surface area contributed by atoms with Gasteiger partial charge in [-0.1, -0.05) is 30.3 Å². The van der Waals surface area contributed by atoms with E-state index in [0.717, 1.165) is 42.7 Å². The maximum absolute atomic E-state index is 12.6. The molecule has 5 heteroatoms. The SMILES string of the molecule is O=C(C=Cc1c[nH]c2ncccc12)NC(Cc1ccccc1)CN1CCCC1. The molecule has 0 radical (unpaired) electrons. The molecule has 1 aliphatic heterocycles. The van der Waals surface area contributed by atoms with Crippen molar-refractivity contribution in [2.24, 2.45) is 0 Å². The molecule has 3 heterocycles. The van der Waals surface area contributed by atoms with Crippen molar-refractivity contribution in [3.63, 3.8) is 0 Å². The average molecular weight is 374 g/mol. The third-order valence-electron chi connectivity index (χ3n) is 5.25. The van der Waals surface area contributed by atoms with E-state index in [-0.39, 0.29) is 11.9 Å². The molecule has 1 aliphatic rings. The summed E-state index contributed by atoms with van der Waals surface area (Å²) in [6, 6.07) is 14.4. The van der Waals surface area contributed by atoms with Crippen LogP contribution in [-0.4, -0.2) is 46.5 Å². The van der Waals surface area contributed by atoms with E-state index in [1.807, 2.05) is 30.5 Å². The Kier molecular flexibility index (Phi) is 5.83. The predicted octanol–water partition coefficient (Wildman–Crippen LogP) is 3.40. The van der Waals surface area contributed by atoms with Gasteiger partial charge in [-0.05, 0) is 56.1 Å². The molecule has 144 valence electrons. The smallest absolute Gasteiger partial charge is 0.244 e. The Morgan fingerprint density at radius 2 is 2.00 bits per heavy atom. The first kappa shape index (κ1) is 18.4. The normalized spacial score (nSPS) is 16.0. The number of pyridine rings is 1. The Balaban J connectivity index is 1.43. The molecular weight excluding hydrogens is 348 g/mol. The van der Waals surface area contributed by atoms with Gasteiger partial charge in [-0.15, -0.1) is 0 Å². The molecule has 1 fully saturated rings. The molecule has 1 amide bonds. The Bertz CT molecular complexity index is 941. The van der Waals surface area contributed by atoms with Crippen molar-refractivity contribution >= 4 is 23.0 Å². The second-order valence-electron chi connectivity index (χ2n) is 7.38. The van der Waals surface area contributed by atoms with Crippen molar-refractivity contribution in [1.82, 2.24) is 20.2 Å². The summed E-state index contributed by atoms with van der Waals surface area (Å²) in [5, 5.41) is 4.23. The topological polar surface area (TPSA) is 61.0 Å². The quantitative estimate of drug-likeness (QED) is 0.623. The van der Waals surface area contributed by atoms with Gasteiger partial charge in [-0.25, -0.2) is 4.98 Å². The van der Waals surface area contributed by atoms with Gasteiger partial charge in [-0.3, -0.25) is 4.79 Å². The zero-order valence-electron chi connectivity index (χ0n) is 16.0. The summed E-state index contributed by atoms with van der Waals surface area (Å²) in [5.74, 6) is -0.0571. The lowest BCUT2D eigenvalue weighted by Gasteiger charge is -2.24. The number of amides is 1. The number of nitrogens with zero attached hydrogens (tertiary/aromatic N) is 2. The number of hydrogen-bond donors (Lipinski definition) is 2. The van der Waals surface area contributed by atoms with E-state index < -0.39 is 0 Å². The van der Waals surface area contributed by atoms with Crippen molar-refractivity contribution < 1.29 is 4.79 Å². The van der Waals surface area contributed by atoms with Crippen LogP contribution < -0.4 is 5.32 Å². The number of aromatic nitrogens is 2. The zero-order chi connectivity index (χ0) is 19.2. The van der Waals surface area contributed by atoms with Gasteiger partial charge in [0.2, 0.25) is 5.91 Å². The molecule has 0 spiro atoms. The van der Waals surface area contributed by atoms with Crippen LogP contribution in [0.5, 0.6) is 0 Å². The van der Waals surface area contributed by atoms with Crippen molar-refractivity contribution in [2.45, 2.75) is 25.3 Å². The molecule has 2 N–H and O–H groups in total. The summed E-state index contributed by atoms with van der Waals surface area (Å²) in [4.78, 5) is 22.5. The lowest BCUT2D eigenvalue weighted by molar-refractivity contribution is -0.117. The zero-order valence-corrected chi connectivity index (χ0v) is 16.0. The Morgan fingerprint density at radius 3 is 2.82 bits per heavy atom. The molecule has 1 atom stereocenters. The summed E-state index contributed by atoms with van der Waals surface area (Å²) in [7, 11) is 0. The lowest BCUT2D eigenvalue weighted by atomic mass is 10.1. The highest BCUT2D eigenvalue weighted by molar-refractivity contribution is 5.95. The van der Waals surface area contributed by atoms with Gasteiger partial charge in [0.15, 0.2) is 0 Å². The molecule has 3 aromatic rings. The summed E-state index contributed by atoms with van der Waals surface area (Å²) in [6.07, 6.45) is 10.5. The largest absolute Gasteiger partial charge is 0.348 e. The number of likely N-dealkylation sites (tertiary alicyclic amines) is 1. The summed E-state index contributed by atoms with van der Waals surface area (Å²) >= 11 is 0. The minimum absolute atomic E-state index is 0.0571. The molecule has 2 aromatic heterocycles. The van der Waals surface area contributed by atoms with E-state index >= 15 is 0 Å². The van der Waals surface area contributed by atoms with Crippen LogP contribution in [0, 0.1) is 0 Å².